The van der Waals surface area contributed by atoms with Crippen LogP contribution < -0.4 is 5.73 Å². The largest absolute Gasteiger partial charge is 0.383 e. The first kappa shape index (κ1) is 15.7. The van der Waals surface area contributed by atoms with Gasteiger partial charge >= 0.3 is 0 Å². The summed E-state index contributed by atoms with van der Waals surface area (Å²) in [6.07, 6.45) is 2.14. The maximum atomic E-state index is 6.13. The van der Waals surface area contributed by atoms with E-state index in [2.05, 4.69) is 65.1 Å². The van der Waals surface area contributed by atoms with E-state index in [1.165, 1.54) is 10.9 Å². The molecule has 0 radical (unpaired) electrons. The van der Waals surface area contributed by atoms with Crippen molar-refractivity contribution in [3.05, 3.63) is 88.7 Å². The van der Waals surface area contributed by atoms with E-state index in [1.807, 2.05) is 29.6 Å². The molecule has 3 nitrogen and oxygen atoms in total. The number of benzene rings is 2. The number of hydrogen-bond donors (Lipinski definition) is 1. The van der Waals surface area contributed by atoms with Crippen molar-refractivity contribution in [3.63, 3.8) is 0 Å². The molecule has 2 aromatic heterocycles. The van der Waals surface area contributed by atoms with Crippen LogP contribution in [0.15, 0.2) is 83.3 Å². The van der Waals surface area contributed by atoms with Gasteiger partial charge in [0.2, 0.25) is 0 Å². The highest BCUT2D eigenvalue weighted by molar-refractivity contribution is 7.12. The van der Waals surface area contributed by atoms with E-state index in [4.69, 9.17) is 5.73 Å². The second-order valence-corrected chi connectivity index (χ2v) is 6.97. The zero-order valence-electron chi connectivity index (χ0n) is 14.0. The molecule has 0 aliphatic carbocycles. The van der Waals surface area contributed by atoms with Crippen LogP contribution in [0.2, 0.25) is 0 Å². The van der Waals surface area contributed by atoms with Gasteiger partial charge in [-0.1, -0.05) is 42.5 Å². The molecule has 2 N–H and O–H groups in total. The normalized spacial score (nSPS) is 13.2. The first-order valence-corrected chi connectivity index (χ1v) is 9.14. The molecule has 0 bridgehead atoms. The molecule has 4 rings (SSSR count). The number of hydrogen-bond acceptors (Lipinski definition) is 2. The Morgan fingerprint density at radius 3 is 2.64 bits per heavy atom. The molecule has 4 heteroatoms. The lowest BCUT2D eigenvalue weighted by atomic mass is 10.1. The fraction of sp³-hybridized carbons (Fsp3) is 0.0952. The molecule has 0 saturated heterocycles. The fourth-order valence-electron chi connectivity index (χ4n) is 3.06. The van der Waals surface area contributed by atoms with Crippen LogP contribution in [0.3, 0.4) is 0 Å². The van der Waals surface area contributed by atoms with Gasteiger partial charge in [-0.05, 0) is 47.5 Å². The molecule has 1 unspecified atom stereocenters. The minimum atomic E-state index is 0.257. The second-order valence-electron chi connectivity index (χ2n) is 6.03. The molecule has 0 saturated carbocycles. The van der Waals surface area contributed by atoms with E-state index in [0.717, 1.165) is 16.1 Å². The highest BCUT2D eigenvalue weighted by atomic mass is 32.1. The van der Waals surface area contributed by atoms with Gasteiger partial charge in [0.05, 0.1) is 22.1 Å². The van der Waals surface area contributed by atoms with Crippen molar-refractivity contribution in [2.45, 2.75) is 13.0 Å². The van der Waals surface area contributed by atoms with Crippen LogP contribution in [0.25, 0.3) is 10.9 Å². The van der Waals surface area contributed by atoms with Gasteiger partial charge in [-0.25, -0.2) is 4.99 Å². The number of nitrogens with zero attached hydrogens (tertiary/aromatic N) is 2. The van der Waals surface area contributed by atoms with Crippen molar-refractivity contribution in [1.82, 2.24) is 4.57 Å². The van der Waals surface area contributed by atoms with E-state index in [9.17, 15) is 0 Å². The molecule has 0 aliphatic heterocycles. The molecule has 25 heavy (non-hydrogen) atoms. The number of amidine groups is 1. The summed E-state index contributed by atoms with van der Waals surface area (Å²) in [6, 6.07) is 23.1. The number of rotatable bonds is 4. The third-order valence-electron chi connectivity index (χ3n) is 4.43. The maximum absolute atomic E-state index is 6.13. The second kappa shape index (κ2) is 6.57. The quantitative estimate of drug-likeness (QED) is 0.393. The topological polar surface area (TPSA) is 43.3 Å². The van der Waals surface area contributed by atoms with Crippen molar-refractivity contribution in [2.75, 3.05) is 0 Å². The smallest absolute Gasteiger partial charge is 0.141 e. The highest BCUT2D eigenvalue weighted by Crippen LogP contribution is 2.28. The van der Waals surface area contributed by atoms with Crippen LogP contribution in [0, 0.1) is 0 Å². The van der Waals surface area contributed by atoms with Crippen LogP contribution >= 0.6 is 11.3 Å². The molecule has 124 valence electrons. The number of aliphatic imine (C=N–C) groups is 1. The third kappa shape index (κ3) is 3.08. The molecular formula is C21H19N3S. The SMILES string of the molecule is CC(c1ccccc1)n1ccc2ccc(N=C(N)c3cccs3)cc21. The molecule has 0 amide bonds. The number of fused-ring (bicyclic) bond motifs is 1. The minimum absolute atomic E-state index is 0.257. The van der Waals surface area contributed by atoms with Gasteiger partial charge in [-0.2, -0.15) is 0 Å². The predicted octanol–water partition coefficient (Wildman–Crippen LogP) is 5.35. The zero-order chi connectivity index (χ0) is 17.2. The maximum Gasteiger partial charge on any atom is 0.141 e. The summed E-state index contributed by atoms with van der Waals surface area (Å²) in [5, 5.41) is 3.21. The molecule has 1 atom stereocenters. The van der Waals surface area contributed by atoms with Crippen LogP contribution in [0.4, 0.5) is 5.69 Å². The molecule has 0 spiro atoms. The first-order chi connectivity index (χ1) is 12.2. The van der Waals surface area contributed by atoms with Gasteiger partial charge in [0.25, 0.3) is 0 Å². The van der Waals surface area contributed by atoms with Crippen LogP contribution in [0.1, 0.15) is 23.4 Å². The zero-order valence-corrected chi connectivity index (χ0v) is 14.8. The lowest BCUT2D eigenvalue weighted by Crippen LogP contribution is -2.10. The van der Waals surface area contributed by atoms with Crippen molar-refractivity contribution in [1.29, 1.82) is 0 Å². The van der Waals surface area contributed by atoms with Gasteiger partial charge in [0, 0.05) is 6.20 Å². The molecule has 4 aromatic rings. The van der Waals surface area contributed by atoms with Crippen molar-refractivity contribution in [2.24, 2.45) is 10.7 Å². The number of nitrogens with two attached hydrogens (primary N) is 1. The number of thiophene rings is 1. The van der Waals surface area contributed by atoms with Gasteiger partial charge in [0.15, 0.2) is 0 Å². The van der Waals surface area contributed by atoms with Crippen molar-refractivity contribution >= 4 is 33.8 Å². The van der Waals surface area contributed by atoms with Crippen molar-refractivity contribution < 1.29 is 0 Å². The van der Waals surface area contributed by atoms with Gasteiger partial charge in [-0.15, -0.1) is 11.3 Å². The Labute approximate surface area is 151 Å². The summed E-state index contributed by atoms with van der Waals surface area (Å²) in [6.45, 7) is 2.21. The Balaban J connectivity index is 1.74. The minimum Gasteiger partial charge on any atom is -0.383 e. The fourth-order valence-corrected chi connectivity index (χ4v) is 3.68. The first-order valence-electron chi connectivity index (χ1n) is 8.26. The Morgan fingerprint density at radius 1 is 1.04 bits per heavy atom. The average Bonchev–Trinajstić information content (AvgIpc) is 3.31. The molecule has 0 fully saturated rings. The van der Waals surface area contributed by atoms with E-state index in [0.29, 0.717) is 5.84 Å². The summed E-state index contributed by atoms with van der Waals surface area (Å²) in [5.74, 6) is 0.559. The van der Waals surface area contributed by atoms with Crippen LogP contribution in [-0.4, -0.2) is 10.4 Å². The highest BCUT2D eigenvalue weighted by Gasteiger charge is 2.11. The number of aromatic nitrogens is 1. The lowest BCUT2D eigenvalue weighted by Gasteiger charge is -2.16. The van der Waals surface area contributed by atoms with E-state index in [-0.39, 0.29) is 6.04 Å². The Morgan fingerprint density at radius 2 is 1.88 bits per heavy atom. The van der Waals surface area contributed by atoms with Crippen LogP contribution in [-0.2, 0) is 0 Å². The monoisotopic (exact) mass is 345 g/mol. The Bertz CT molecular complexity index is 1010. The summed E-state index contributed by atoms with van der Waals surface area (Å²) in [5.41, 5.74) is 9.45. The van der Waals surface area contributed by atoms with Gasteiger partial charge in [-0.3, -0.25) is 0 Å². The van der Waals surface area contributed by atoms with Crippen molar-refractivity contribution in [3.8, 4) is 0 Å². The molecule has 2 heterocycles. The third-order valence-corrected chi connectivity index (χ3v) is 5.32. The Hall–Kier alpha value is -2.85. The van der Waals surface area contributed by atoms with E-state index >= 15 is 0 Å². The van der Waals surface area contributed by atoms with E-state index in [1.54, 1.807) is 11.3 Å². The van der Waals surface area contributed by atoms with Gasteiger partial charge in [0.1, 0.15) is 5.84 Å². The average molecular weight is 345 g/mol. The standard InChI is InChI=1S/C21H19N3S/c1-15(16-6-3-2-4-7-16)24-12-11-17-9-10-18(14-19(17)24)23-21(22)20-8-5-13-25-20/h2-15H,1H3,(H2,22,23). The molecule has 0 aliphatic rings. The van der Waals surface area contributed by atoms with Crippen LogP contribution in [0.5, 0.6) is 0 Å². The van der Waals surface area contributed by atoms with Gasteiger partial charge < -0.3 is 10.3 Å². The molecule has 2 aromatic carbocycles. The lowest BCUT2D eigenvalue weighted by molar-refractivity contribution is 0.664. The molecular weight excluding hydrogens is 326 g/mol. The summed E-state index contributed by atoms with van der Waals surface area (Å²) in [4.78, 5) is 5.59. The predicted molar refractivity (Wildman–Crippen MR) is 107 cm³/mol. The summed E-state index contributed by atoms with van der Waals surface area (Å²) < 4.78 is 2.28. The van der Waals surface area contributed by atoms with E-state index < -0.39 is 0 Å². The Kier molecular flexibility index (Phi) is 4.12. The summed E-state index contributed by atoms with van der Waals surface area (Å²) in [7, 11) is 0. The summed E-state index contributed by atoms with van der Waals surface area (Å²) >= 11 is 1.60.